The quantitative estimate of drug-likeness (QED) is 0.562. The van der Waals surface area contributed by atoms with Crippen LogP contribution in [-0.2, 0) is 0 Å². The molecule has 0 saturated heterocycles. The monoisotopic (exact) mass is 204 g/mol. The molecule has 0 aliphatic rings. The van der Waals surface area contributed by atoms with E-state index in [1.54, 1.807) is 0 Å². The van der Waals surface area contributed by atoms with Gasteiger partial charge < -0.3 is 0 Å². The largest absolute Gasteiger partial charge is 0.0874 e. The van der Waals surface area contributed by atoms with Gasteiger partial charge >= 0.3 is 0 Å². The Labute approximate surface area is 95.1 Å². The summed E-state index contributed by atoms with van der Waals surface area (Å²) < 4.78 is 0. The van der Waals surface area contributed by atoms with E-state index in [1.165, 1.54) is 11.1 Å². The van der Waals surface area contributed by atoms with Crippen molar-refractivity contribution in [3.63, 3.8) is 0 Å². The van der Waals surface area contributed by atoms with Gasteiger partial charge in [0.05, 0.1) is 0 Å². The molecule has 15 heavy (non-hydrogen) atoms. The Kier molecular flexibility index (Phi) is 6.00. The molecule has 0 rings (SSSR count). The molecule has 0 nitrogen and oxygen atoms in total. The average molecular weight is 204 g/mol. The number of hydrogen-bond donors (Lipinski definition) is 0. The summed E-state index contributed by atoms with van der Waals surface area (Å²) in [5.74, 6) is 0. The Morgan fingerprint density at radius 3 is 1.27 bits per heavy atom. The summed E-state index contributed by atoms with van der Waals surface area (Å²) in [6, 6.07) is 0. The molecule has 0 radical (unpaired) electrons. The van der Waals surface area contributed by atoms with Crippen LogP contribution in [0.3, 0.4) is 0 Å². The van der Waals surface area contributed by atoms with Gasteiger partial charge in [0.2, 0.25) is 0 Å². The second-order valence-electron chi connectivity index (χ2n) is 4.11. The highest BCUT2D eigenvalue weighted by atomic mass is 14.3. The van der Waals surface area contributed by atoms with Gasteiger partial charge in [-0.05, 0) is 38.8 Å². The van der Waals surface area contributed by atoms with Crippen molar-refractivity contribution in [1.82, 2.24) is 0 Å². The van der Waals surface area contributed by atoms with Crippen LogP contribution in [0.15, 0.2) is 47.6 Å². The molecule has 0 atom stereocenters. The molecule has 0 fully saturated rings. The molecule has 0 aromatic rings. The van der Waals surface area contributed by atoms with Crippen molar-refractivity contribution in [1.29, 1.82) is 0 Å². The lowest BCUT2D eigenvalue weighted by molar-refractivity contribution is 0.564. The molecule has 0 heteroatoms. The molecular weight excluding hydrogens is 180 g/mol. The van der Waals surface area contributed by atoms with Gasteiger partial charge in [-0.2, -0.15) is 0 Å². The third kappa shape index (κ3) is 3.54. The molecule has 0 unspecified atom stereocenters. The van der Waals surface area contributed by atoms with Crippen LogP contribution in [0.5, 0.6) is 0 Å². The van der Waals surface area contributed by atoms with Crippen LogP contribution in [0.2, 0.25) is 0 Å². The average Bonchev–Trinajstić information content (AvgIpc) is 2.21. The molecular formula is C15H24. The van der Waals surface area contributed by atoms with E-state index >= 15 is 0 Å². The van der Waals surface area contributed by atoms with E-state index in [9.17, 15) is 0 Å². The van der Waals surface area contributed by atoms with E-state index in [2.05, 4.69) is 78.0 Å². The summed E-state index contributed by atoms with van der Waals surface area (Å²) in [6.45, 7) is 12.8. The molecule has 0 aliphatic heterocycles. The standard InChI is InChI=1S/C15H24/c1-7-11-13(9-3)15(5,6)14(10-4)12-8-2/h7-12H,1-6H3/b11-7-,12-8-,13-9+,14-10+. The molecule has 0 aromatic carbocycles. The smallest absolute Gasteiger partial charge is 0.0139 e. The first kappa shape index (κ1) is 14.0. The summed E-state index contributed by atoms with van der Waals surface area (Å²) >= 11 is 0. The van der Waals surface area contributed by atoms with Gasteiger partial charge in [-0.15, -0.1) is 0 Å². The highest BCUT2D eigenvalue weighted by Crippen LogP contribution is 2.36. The Morgan fingerprint density at radius 1 is 0.733 bits per heavy atom. The van der Waals surface area contributed by atoms with Crippen LogP contribution in [0.4, 0.5) is 0 Å². The van der Waals surface area contributed by atoms with Gasteiger partial charge in [0, 0.05) is 5.41 Å². The van der Waals surface area contributed by atoms with E-state index in [4.69, 9.17) is 0 Å². The summed E-state index contributed by atoms with van der Waals surface area (Å²) in [4.78, 5) is 0. The Balaban J connectivity index is 5.26. The second kappa shape index (κ2) is 6.44. The lowest BCUT2D eigenvalue weighted by Gasteiger charge is -2.28. The minimum Gasteiger partial charge on any atom is -0.0874 e. The van der Waals surface area contributed by atoms with Gasteiger partial charge in [0.25, 0.3) is 0 Å². The molecule has 0 spiro atoms. The molecule has 0 saturated carbocycles. The molecule has 0 aromatic heterocycles. The van der Waals surface area contributed by atoms with Crippen molar-refractivity contribution in [2.75, 3.05) is 0 Å². The number of allylic oxidation sites excluding steroid dienone is 8. The first-order valence-corrected chi connectivity index (χ1v) is 5.63. The summed E-state index contributed by atoms with van der Waals surface area (Å²) in [6.07, 6.45) is 12.9. The van der Waals surface area contributed by atoms with Crippen LogP contribution in [0.25, 0.3) is 0 Å². The summed E-state index contributed by atoms with van der Waals surface area (Å²) in [7, 11) is 0. The fourth-order valence-corrected chi connectivity index (χ4v) is 1.86. The van der Waals surface area contributed by atoms with E-state index in [1.807, 2.05) is 0 Å². The minimum absolute atomic E-state index is 0.0858. The molecule has 0 N–H and O–H groups in total. The SMILES string of the molecule is C/C=C\C(=C/C)C(C)(C)C(/C=C\C)=C/C. The van der Waals surface area contributed by atoms with Crippen molar-refractivity contribution in [3.05, 3.63) is 47.6 Å². The zero-order valence-electron chi connectivity index (χ0n) is 11.0. The van der Waals surface area contributed by atoms with E-state index in [0.717, 1.165) is 0 Å². The number of rotatable bonds is 4. The van der Waals surface area contributed by atoms with Crippen molar-refractivity contribution < 1.29 is 0 Å². The van der Waals surface area contributed by atoms with Crippen LogP contribution >= 0.6 is 0 Å². The lowest BCUT2D eigenvalue weighted by atomic mass is 9.76. The van der Waals surface area contributed by atoms with Gasteiger partial charge in [-0.1, -0.05) is 50.3 Å². The predicted octanol–water partition coefficient (Wildman–Crippen LogP) is 5.06. The van der Waals surface area contributed by atoms with Gasteiger partial charge in [-0.3, -0.25) is 0 Å². The molecule has 84 valence electrons. The van der Waals surface area contributed by atoms with Crippen molar-refractivity contribution in [3.8, 4) is 0 Å². The maximum Gasteiger partial charge on any atom is 0.0139 e. The van der Waals surface area contributed by atoms with Crippen molar-refractivity contribution in [2.24, 2.45) is 5.41 Å². The molecule has 0 amide bonds. The molecule has 0 bridgehead atoms. The maximum absolute atomic E-state index is 2.26. The fourth-order valence-electron chi connectivity index (χ4n) is 1.86. The minimum atomic E-state index is 0.0858. The molecule has 0 aliphatic carbocycles. The van der Waals surface area contributed by atoms with Crippen LogP contribution in [0.1, 0.15) is 41.5 Å². The highest BCUT2D eigenvalue weighted by Gasteiger charge is 2.23. The van der Waals surface area contributed by atoms with E-state index in [0.29, 0.717) is 0 Å². The van der Waals surface area contributed by atoms with Crippen molar-refractivity contribution in [2.45, 2.75) is 41.5 Å². The summed E-state index contributed by atoms with van der Waals surface area (Å²) in [5, 5.41) is 0. The topological polar surface area (TPSA) is 0 Å². The van der Waals surface area contributed by atoms with Crippen LogP contribution in [-0.4, -0.2) is 0 Å². The van der Waals surface area contributed by atoms with Crippen LogP contribution in [0, 0.1) is 5.41 Å². The van der Waals surface area contributed by atoms with E-state index < -0.39 is 0 Å². The zero-order valence-corrected chi connectivity index (χ0v) is 11.0. The van der Waals surface area contributed by atoms with Gasteiger partial charge in [-0.25, -0.2) is 0 Å². The Bertz CT molecular complexity index is 266. The van der Waals surface area contributed by atoms with Gasteiger partial charge in [0.15, 0.2) is 0 Å². The Hall–Kier alpha value is -1.04. The predicted molar refractivity (Wildman–Crippen MR) is 70.9 cm³/mol. The third-order valence-electron chi connectivity index (χ3n) is 2.76. The highest BCUT2D eigenvalue weighted by molar-refractivity contribution is 5.39. The second-order valence-corrected chi connectivity index (χ2v) is 4.11. The van der Waals surface area contributed by atoms with Gasteiger partial charge in [0.1, 0.15) is 0 Å². The van der Waals surface area contributed by atoms with E-state index in [-0.39, 0.29) is 5.41 Å². The third-order valence-corrected chi connectivity index (χ3v) is 2.76. The fraction of sp³-hybridized carbons (Fsp3) is 0.467. The first-order valence-electron chi connectivity index (χ1n) is 5.63. The molecule has 0 heterocycles. The lowest BCUT2D eigenvalue weighted by Crippen LogP contribution is -2.15. The Morgan fingerprint density at radius 2 is 1.07 bits per heavy atom. The zero-order chi connectivity index (χ0) is 11.9. The van der Waals surface area contributed by atoms with Crippen molar-refractivity contribution >= 4 is 0 Å². The van der Waals surface area contributed by atoms with Crippen LogP contribution < -0.4 is 0 Å². The maximum atomic E-state index is 2.26. The normalized spacial score (nSPS) is 15.6. The first-order chi connectivity index (χ1) is 7.04. The summed E-state index contributed by atoms with van der Waals surface area (Å²) in [5.41, 5.74) is 2.80. The number of hydrogen-bond acceptors (Lipinski definition) is 0.